The number of rotatable bonds is 3. The maximum atomic E-state index is 6.09. The SMILES string of the molecule is Cc1c(C(=S)c2conc2C2CC2)ccc(Cl)c1Br. The lowest BCUT2D eigenvalue weighted by atomic mass is 9.99. The zero-order chi connectivity index (χ0) is 13.6. The van der Waals surface area contributed by atoms with E-state index >= 15 is 0 Å². The molecule has 2 nitrogen and oxygen atoms in total. The summed E-state index contributed by atoms with van der Waals surface area (Å²) in [6.07, 6.45) is 3.99. The molecule has 1 aromatic carbocycles. The summed E-state index contributed by atoms with van der Waals surface area (Å²) < 4.78 is 6.00. The van der Waals surface area contributed by atoms with Gasteiger partial charge in [-0.05, 0) is 52.9 Å². The Morgan fingerprint density at radius 2 is 2.16 bits per heavy atom. The van der Waals surface area contributed by atoms with Crippen molar-refractivity contribution in [2.24, 2.45) is 0 Å². The summed E-state index contributed by atoms with van der Waals surface area (Å²) in [7, 11) is 0. The van der Waals surface area contributed by atoms with Crippen molar-refractivity contribution < 1.29 is 4.52 Å². The Labute approximate surface area is 130 Å². The molecule has 0 atom stereocenters. The molecule has 1 aliphatic carbocycles. The van der Waals surface area contributed by atoms with Crippen LogP contribution in [0.5, 0.6) is 0 Å². The van der Waals surface area contributed by atoms with E-state index in [1.165, 1.54) is 12.8 Å². The number of aromatic nitrogens is 1. The maximum absolute atomic E-state index is 6.09. The molecule has 0 unspecified atom stereocenters. The normalized spacial score (nSPS) is 14.7. The quantitative estimate of drug-likeness (QED) is 0.569. The van der Waals surface area contributed by atoms with Gasteiger partial charge in [0.15, 0.2) is 0 Å². The van der Waals surface area contributed by atoms with Crippen molar-refractivity contribution in [3.8, 4) is 0 Å². The highest BCUT2D eigenvalue weighted by atomic mass is 79.9. The monoisotopic (exact) mass is 355 g/mol. The van der Waals surface area contributed by atoms with Crippen molar-refractivity contribution >= 4 is 44.6 Å². The first-order chi connectivity index (χ1) is 9.09. The van der Waals surface area contributed by atoms with Crippen LogP contribution < -0.4 is 0 Å². The fraction of sp³-hybridized carbons (Fsp3) is 0.286. The van der Waals surface area contributed by atoms with E-state index in [0.717, 1.165) is 31.7 Å². The Balaban J connectivity index is 2.04. The first-order valence-electron chi connectivity index (χ1n) is 6.03. The van der Waals surface area contributed by atoms with Gasteiger partial charge in [-0.15, -0.1) is 0 Å². The van der Waals surface area contributed by atoms with Gasteiger partial charge in [0, 0.05) is 10.4 Å². The molecule has 98 valence electrons. The zero-order valence-corrected chi connectivity index (χ0v) is 13.4. The molecule has 0 radical (unpaired) electrons. The number of nitrogens with zero attached hydrogens (tertiary/aromatic N) is 1. The van der Waals surface area contributed by atoms with Crippen LogP contribution in [0.4, 0.5) is 0 Å². The van der Waals surface area contributed by atoms with Gasteiger partial charge >= 0.3 is 0 Å². The molecular formula is C14H11BrClNOS. The highest BCUT2D eigenvalue weighted by Crippen LogP contribution is 2.41. The number of hydrogen-bond acceptors (Lipinski definition) is 3. The van der Waals surface area contributed by atoms with Gasteiger partial charge < -0.3 is 4.52 Å². The lowest BCUT2D eigenvalue weighted by molar-refractivity contribution is 0.412. The van der Waals surface area contributed by atoms with Crippen molar-refractivity contribution in [3.05, 3.63) is 50.3 Å². The van der Waals surface area contributed by atoms with Crippen LogP contribution in [0, 0.1) is 6.92 Å². The topological polar surface area (TPSA) is 26.0 Å². The van der Waals surface area contributed by atoms with Crippen LogP contribution in [-0.4, -0.2) is 10.0 Å². The van der Waals surface area contributed by atoms with Gasteiger partial charge in [0.25, 0.3) is 0 Å². The smallest absolute Gasteiger partial charge is 0.132 e. The Kier molecular flexibility index (Phi) is 3.50. The van der Waals surface area contributed by atoms with Crippen LogP contribution in [-0.2, 0) is 0 Å². The molecule has 0 amide bonds. The minimum Gasteiger partial charge on any atom is -0.364 e. The molecule has 0 spiro atoms. The molecule has 1 aliphatic rings. The van der Waals surface area contributed by atoms with Crippen LogP contribution >= 0.6 is 39.7 Å². The molecule has 3 rings (SSSR count). The molecule has 0 aliphatic heterocycles. The minimum atomic E-state index is 0.516. The first kappa shape index (κ1) is 13.3. The van der Waals surface area contributed by atoms with Crippen LogP contribution in [0.3, 0.4) is 0 Å². The van der Waals surface area contributed by atoms with Crippen LogP contribution in [0.2, 0.25) is 5.02 Å². The van der Waals surface area contributed by atoms with Gasteiger partial charge in [0.05, 0.1) is 21.1 Å². The number of thiocarbonyl (C=S) groups is 1. The number of halogens is 2. The van der Waals surface area contributed by atoms with Crippen molar-refractivity contribution in [2.75, 3.05) is 0 Å². The summed E-state index contributed by atoms with van der Waals surface area (Å²) in [6.45, 7) is 2.00. The van der Waals surface area contributed by atoms with Crippen molar-refractivity contribution in [1.29, 1.82) is 0 Å². The predicted molar refractivity (Wildman–Crippen MR) is 83.2 cm³/mol. The average Bonchev–Trinajstić information content (AvgIpc) is 3.13. The van der Waals surface area contributed by atoms with Gasteiger partial charge in [0.1, 0.15) is 6.26 Å². The van der Waals surface area contributed by atoms with E-state index in [-0.39, 0.29) is 0 Å². The van der Waals surface area contributed by atoms with Crippen molar-refractivity contribution in [3.63, 3.8) is 0 Å². The molecule has 0 bridgehead atoms. The third kappa shape index (κ3) is 2.37. The van der Waals surface area contributed by atoms with Gasteiger partial charge in [0.2, 0.25) is 0 Å². The van der Waals surface area contributed by atoms with E-state index in [4.69, 9.17) is 28.3 Å². The summed E-state index contributed by atoms with van der Waals surface area (Å²) >= 11 is 15.2. The maximum Gasteiger partial charge on any atom is 0.132 e. The molecule has 2 aromatic rings. The second-order valence-corrected chi connectivity index (χ2v) is 6.36. The standard InChI is InChI=1S/C14H11BrClNOS/c1-7-9(4-5-11(16)12(7)15)14(19)10-6-18-17-13(10)8-2-3-8/h4-6,8H,2-3H2,1H3. The third-order valence-corrected chi connectivity index (χ3v) is 5.40. The number of hydrogen-bond donors (Lipinski definition) is 0. The second-order valence-electron chi connectivity index (χ2n) is 4.75. The Morgan fingerprint density at radius 1 is 1.42 bits per heavy atom. The van der Waals surface area contributed by atoms with E-state index in [1.54, 1.807) is 6.26 Å². The van der Waals surface area contributed by atoms with Gasteiger partial charge in [-0.1, -0.05) is 35.0 Å². The third-order valence-electron chi connectivity index (χ3n) is 3.39. The van der Waals surface area contributed by atoms with Gasteiger partial charge in [-0.25, -0.2) is 0 Å². The van der Waals surface area contributed by atoms with E-state index in [9.17, 15) is 0 Å². The fourth-order valence-electron chi connectivity index (χ4n) is 2.11. The fourth-order valence-corrected chi connectivity index (χ4v) is 3.03. The van der Waals surface area contributed by atoms with Gasteiger partial charge in [-0.3, -0.25) is 0 Å². The van der Waals surface area contributed by atoms with E-state index in [2.05, 4.69) is 21.1 Å². The van der Waals surface area contributed by atoms with Crippen LogP contribution in [0.15, 0.2) is 27.4 Å². The summed E-state index contributed by atoms with van der Waals surface area (Å²) in [5.74, 6) is 0.516. The molecule has 1 aromatic heterocycles. The first-order valence-corrected chi connectivity index (χ1v) is 7.61. The van der Waals surface area contributed by atoms with Gasteiger partial charge in [-0.2, -0.15) is 0 Å². The number of benzene rings is 1. The highest BCUT2D eigenvalue weighted by molar-refractivity contribution is 9.10. The van der Waals surface area contributed by atoms with E-state index in [1.807, 2.05) is 19.1 Å². The zero-order valence-electron chi connectivity index (χ0n) is 10.2. The molecule has 0 saturated heterocycles. The van der Waals surface area contributed by atoms with Crippen LogP contribution in [0.25, 0.3) is 0 Å². The molecule has 19 heavy (non-hydrogen) atoms. The van der Waals surface area contributed by atoms with E-state index < -0.39 is 0 Å². The average molecular weight is 357 g/mol. The van der Waals surface area contributed by atoms with Crippen molar-refractivity contribution in [2.45, 2.75) is 25.7 Å². The second kappa shape index (κ2) is 5.00. The summed E-state index contributed by atoms with van der Waals surface area (Å²) in [6, 6.07) is 3.80. The van der Waals surface area contributed by atoms with Crippen LogP contribution in [0.1, 0.15) is 41.1 Å². The predicted octanol–water partition coefficient (Wildman–Crippen LogP) is 5.04. The molecule has 1 fully saturated rings. The lowest BCUT2D eigenvalue weighted by Gasteiger charge is -2.10. The molecule has 1 saturated carbocycles. The highest BCUT2D eigenvalue weighted by Gasteiger charge is 2.31. The molecular weight excluding hydrogens is 346 g/mol. The summed E-state index contributed by atoms with van der Waals surface area (Å²) in [4.78, 5) is 0.776. The van der Waals surface area contributed by atoms with E-state index in [0.29, 0.717) is 10.9 Å². The summed E-state index contributed by atoms with van der Waals surface area (Å²) in [5, 5.41) is 4.79. The Hall–Kier alpha value is -0.710. The Morgan fingerprint density at radius 3 is 2.84 bits per heavy atom. The summed E-state index contributed by atoms with van der Waals surface area (Å²) in [5.41, 5.74) is 3.97. The Bertz CT molecular complexity index is 663. The molecule has 0 N–H and O–H groups in total. The molecule has 1 heterocycles. The largest absolute Gasteiger partial charge is 0.364 e. The lowest BCUT2D eigenvalue weighted by Crippen LogP contribution is -2.04. The minimum absolute atomic E-state index is 0.516. The molecule has 5 heteroatoms. The van der Waals surface area contributed by atoms with Crippen molar-refractivity contribution in [1.82, 2.24) is 5.16 Å².